The van der Waals surface area contributed by atoms with E-state index >= 15 is 0 Å². The minimum Gasteiger partial charge on any atom is -0.482 e. The third-order valence-electron chi connectivity index (χ3n) is 3.57. The van der Waals surface area contributed by atoms with Gasteiger partial charge in [-0.3, -0.25) is 14.5 Å². The van der Waals surface area contributed by atoms with Gasteiger partial charge in [0.25, 0.3) is 5.91 Å². The molecule has 0 radical (unpaired) electrons. The van der Waals surface area contributed by atoms with Gasteiger partial charge < -0.3 is 15.0 Å². The zero-order valence-electron chi connectivity index (χ0n) is 11.6. The Bertz CT molecular complexity index is 532. The molecule has 21 heavy (non-hydrogen) atoms. The molecule has 1 aromatic rings. The van der Waals surface area contributed by atoms with Crippen molar-refractivity contribution in [3.8, 4) is 5.75 Å². The Kier molecular flexibility index (Phi) is 5.03. The summed E-state index contributed by atoms with van der Waals surface area (Å²) in [6, 6.07) is 7.30. The Morgan fingerprint density at radius 2 is 1.95 bits per heavy atom. The minimum atomic E-state index is -0.174. The van der Waals surface area contributed by atoms with E-state index in [0.717, 1.165) is 13.1 Å². The summed E-state index contributed by atoms with van der Waals surface area (Å²) in [7, 11) is 0. The summed E-state index contributed by atoms with van der Waals surface area (Å²) in [5.74, 6) is 0.462. The van der Waals surface area contributed by atoms with Crippen molar-refractivity contribution in [2.75, 3.05) is 44.2 Å². The van der Waals surface area contributed by atoms with Gasteiger partial charge in [-0.15, -0.1) is 12.4 Å². The van der Waals surface area contributed by atoms with E-state index in [1.54, 1.807) is 11.0 Å². The molecule has 1 N–H and O–H groups in total. The Labute approximate surface area is 129 Å². The van der Waals surface area contributed by atoms with Crippen LogP contribution in [-0.4, -0.2) is 56.0 Å². The van der Waals surface area contributed by atoms with Gasteiger partial charge >= 0.3 is 0 Å². The fourth-order valence-electron chi connectivity index (χ4n) is 2.48. The van der Waals surface area contributed by atoms with Gasteiger partial charge in [-0.1, -0.05) is 12.1 Å². The Morgan fingerprint density at radius 3 is 2.71 bits per heavy atom. The maximum atomic E-state index is 12.3. The smallest absolute Gasteiger partial charge is 0.265 e. The molecule has 0 spiro atoms. The molecule has 2 heterocycles. The highest BCUT2D eigenvalue weighted by Crippen LogP contribution is 2.31. The van der Waals surface area contributed by atoms with Crippen LogP contribution in [-0.2, 0) is 9.59 Å². The third kappa shape index (κ3) is 3.28. The summed E-state index contributed by atoms with van der Waals surface area (Å²) in [5.41, 5.74) is 0.673. The molecule has 114 valence electrons. The van der Waals surface area contributed by atoms with Crippen LogP contribution in [0.5, 0.6) is 5.75 Å². The number of carbonyl (C=O) groups excluding carboxylic acids is 2. The summed E-state index contributed by atoms with van der Waals surface area (Å²) >= 11 is 0. The zero-order valence-corrected chi connectivity index (χ0v) is 12.4. The van der Waals surface area contributed by atoms with Gasteiger partial charge in [0.15, 0.2) is 6.61 Å². The molecule has 1 aromatic carbocycles. The lowest BCUT2D eigenvalue weighted by atomic mass is 10.2. The standard InChI is InChI=1S/C14H17N3O3.ClH/c18-13(16-7-5-15-6-8-16)9-17-11-3-1-2-4-12(11)20-10-14(17)19;/h1-4,15H,5-10H2;1H. The molecule has 0 unspecified atom stereocenters. The molecular formula is C14H18ClN3O3. The van der Waals surface area contributed by atoms with Crippen LogP contribution in [0.25, 0.3) is 0 Å². The lowest BCUT2D eigenvalue weighted by molar-refractivity contribution is -0.132. The van der Waals surface area contributed by atoms with Gasteiger partial charge in [-0.2, -0.15) is 0 Å². The number of fused-ring (bicyclic) bond motifs is 1. The van der Waals surface area contributed by atoms with E-state index in [0.29, 0.717) is 24.5 Å². The average Bonchev–Trinajstić information content (AvgIpc) is 2.51. The van der Waals surface area contributed by atoms with Gasteiger partial charge in [-0.05, 0) is 12.1 Å². The first-order valence-electron chi connectivity index (χ1n) is 6.76. The number of hydrogen-bond acceptors (Lipinski definition) is 4. The van der Waals surface area contributed by atoms with Crippen molar-refractivity contribution < 1.29 is 14.3 Å². The first-order valence-corrected chi connectivity index (χ1v) is 6.76. The first kappa shape index (κ1) is 15.6. The van der Waals surface area contributed by atoms with Crippen molar-refractivity contribution >= 4 is 29.9 Å². The molecule has 2 aliphatic rings. The quantitative estimate of drug-likeness (QED) is 0.851. The first-order chi connectivity index (χ1) is 9.75. The third-order valence-corrected chi connectivity index (χ3v) is 3.57. The number of carbonyl (C=O) groups is 2. The van der Waals surface area contributed by atoms with Crippen LogP contribution >= 0.6 is 12.4 Å². The van der Waals surface area contributed by atoms with Crippen molar-refractivity contribution in [1.29, 1.82) is 0 Å². The molecule has 0 atom stereocenters. The maximum Gasteiger partial charge on any atom is 0.265 e. The van der Waals surface area contributed by atoms with E-state index in [1.807, 2.05) is 18.2 Å². The number of piperazine rings is 1. The van der Waals surface area contributed by atoms with Gasteiger partial charge in [0, 0.05) is 26.2 Å². The SMILES string of the molecule is Cl.O=C(CN1C(=O)COc2ccccc21)N1CCNCC1. The highest BCUT2D eigenvalue weighted by Gasteiger charge is 2.28. The topological polar surface area (TPSA) is 61.9 Å². The summed E-state index contributed by atoms with van der Waals surface area (Å²) < 4.78 is 5.37. The molecule has 0 saturated carbocycles. The number of para-hydroxylation sites is 2. The van der Waals surface area contributed by atoms with E-state index in [2.05, 4.69) is 5.32 Å². The lowest BCUT2D eigenvalue weighted by Crippen LogP contribution is -2.51. The van der Waals surface area contributed by atoms with Crippen LogP contribution < -0.4 is 15.0 Å². The fourth-order valence-corrected chi connectivity index (χ4v) is 2.48. The number of nitrogens with zero attached hydrogens (tertiary/aromatic N) is 2. The number of ether oxygens (including phenoxy) is 1. The molecular weight excluding hydrogens is 294 g/mol. The molecule has 1 fully saturated rings. The second-order valence-electron chi connectivity index (χ2n) is 4.87. The van der Waals surface area contributed by atoms with Gasteiger partial charge in [-0.25, -0.2) is 0 Å². The second-order valence-corrected chi connectivity index (χ2v) is 4.87. The zero-order chi connectivity index (χ0) is 13.9. The number of hydrogen-bond donors (Lipinski definition) is 1. The van der Waals surface area contributed by atoms with E-state index in [1.165, 1.54) is 4.90 Å². The fraction of sp³-hybridized carbons (Fsp3) is 0.429. The van der Waals surface area contributed by atoms with Gasteiger partial charge in [0.05, 0.1) is 5.69 Å². The van der Waals surface area contributed by atoms with E-state index in [4.69, 9.17) is 4.74 Å². The van der Waals surface area contributed by atoms with Crippen molar-refractivity contribution in [1.82, 2.24) is 10.2 Å². The van der Waals surface area contributed by atoms with Gasteiger partial charge in [0.2, 0.25) is 5.91 Å². The minimum absolute atomic E-state index is 0. The Hall–Kier alpha value is -1.79. The van der Waals surface area contributed by atoms with Crippen LogP contribution in [0.4, 0.5) is 5.69 Å². The summed E-state index contributed by atoms with van der Waals surface area (Å²) in [5, 5.41) is 3.20. The predicted octanol–water partition coefficient (Wildman–Crippen LogP) is 0.266. The molecule has 0 aromatic heterocycles. The maximum absolute atomic E-state index is 12.3. The van der Waals surface area contributed by atoms with Crippen LogP contribution in [0.3, 0.4) is 0 Å². The molecule has 6 nitrogen and oxygen atoms in total. The Morgan fingerprint density at radius 1 is 1.24 bits per heavy atom. The predicted molar refractivity (Wildman–Crippen MR) is 81.0 cm³/mol. The van der Waals surface area contributed by atoms with Crippen molar-refractivity contribution in [3.63, 3.8) is 0 Å². The van der Waals surface area contributed by atoms with Crippen LogP contribution in [0.1, 0.15) is 0 Å². The average molecular weight is 312 g/mol. The van der Waals surface area contributed by atoms with E-state index in [-0.39, 0.29) is 37.4 Å². The van der Waals surface area contributed by atoms with Gasteiger partial charge in [0.1, 0.15) is 12.3 Å². The number of amides is 2. The molecule has 2 aliphatic heterocycles. The monoisotopic (exact) mass is 311 g/mol. The number of benzene rings is 1. The van der Waals surface area contributed by atoms with Crippen molar-refractivity contribution in [2.24, 2.45) is 0 Å². The summed E-state index contributed by atoms with van der Waals surface area (Å²) in [4.78, 5) is 27.6. The summed E-state index contributed by atoms with van der Waals surface area (Å²) in [6.07, 6.45) is 0. The Balaban J connectivity index is 0.00000161. The largest absolute Gasteiger partial charge is 0.482 e. The lowest BCUT2D eigenvalue weighted by Gasteiger charge is -2.32. The molecule has 3 rings (SSSR count). The van der Waals surface area contributed by atoms with Crippen LogP contribution in [0, 0.1) is 0 Å². The van der Waals surface area contributed by atoms with E-state index in [9.17, 15) is 9.59 Å². The highest BCUT2D eigenvalue weighted by atomic mass is 35.5. The number of halogens is 1. The second kappa shape index (κ2) is 6.78. The molecule has 1 saturated heterocycles. The molecule has 7 heteroatoms. The summed E-state index contributed by atoms with van der Waals surface area (Å²) in [6.45, 7) is 3.07. The van der Waals surface area contributed by atoms with Crippen molar-refractivity contribution in [2.45, 2.75) is 0 Å². The number of rotatable bonds is 2. The highest BCUT2D eigenvalue weighted by molar-refractivity contribution is 6.02. The number of anilines is 1. The molecule has 0 bridgehead atoms. The van der Waals surface area contributed by atoms with E-state index < -0.39 is 0 Å². The molecule has 0 aliphatic carbocycles. The van der Waals surface area contributed by atoms with Crippen molar-refractivity contribution in [3.05, 3.63) is 24.3 Å². The van der Waals surface area contributed by atoms with Crippen LogP contribution in [0.2, 0.25) is 0 Å². The normalized spacial score (nSPS) is 17.6. The van der Waals surface area contributed by atoms with Crippen LogP contribution in [0.15, 0.2) is 24.3 Å². The molecule has 2 amide bonds. The number of nitrogens with one attached hydrogen (secondary N) is 1.